The fourth-order valence-electron chi connectivity index (χ4n) is 2.08. The fraction of sp³-hybridized carbons (Fsp3) is 0.714. The highest BCUT2D eigenvalue weighted by atomic mass is 32.1. The molecule has 1 rings (SSSR count). The third-order valence-corrected chi connectivity index (χ3v) is 4.43. The van der Waals surface area contributed by atoms with Gasteiger partial charge in [0.15, 0.2) is 0 Å². The zero-order valence-corrected chi connectivity index (χ0v) is 14.1. The Labute approximate surface area is 131 Å². The number of amides is 1. The van der Waals surface area contributed by atoms with E-state index in [4.69, 9.17) is 0 Å². The standard InChI is InChI=1S/C14H21F3N2O2S/c1-8-9(2)22-12(21)19(8)7-6-10(20)18-11(13(3,4)5)14(15,16)17/h11H,6-7H2,1-5H3,(H,18,20). The highest BCUT2D eigenvalue weighted by Crippen LogP contribution is 2.33. The second-order valence-corrected chi connectivity index (χ2v) is 7.49. The van der Waals surface area contributed by atoms with E-state index < -0.39 is 23.5 Å². The van der Waals surface area contributed by atoms with Gasteiger partial charge in [-0.1, -0.05) is 32.1 Å². The van der Waals surface area contributed by atoms with Crippen LogP contribution in [0.5, 0.6) is 0 Å². The topological polar surface area (TPSA) is 51.1 Å². The lowest BCUT2D eigenvalue weighted by Crippen LogP contribution is -2.53. The largest absolute Gasteiger partial charge is 0.409 e. The first kappa shape index (κ1) is 18.7. The van der Waals surface area contributed by atoms with E-state index in [1.807, 2.05) is 5.32 Å². The lowest BCUT2D eigenvalue weighted by atomic mass is 9.86. The summed E-state index contributed by atoms with van der Waals surface area (Å²) in [7, 11) is 0. The number of carbonyl (C=O) groups excluding carboxylic acids is 1. The molecule has 0 aromatic carbocycles. The van der Waals surface area contributed by atoms with Gasteiger partial charge in [0.1, 0.15) is 6.04 Å². The first-order valence-corrected chi connectivity index (χ1v) is 7.68. The van der Waals surface area contributed by atoms with Gasteiger partial charge in [-0.25, -0.2) is 0 Å². The smallest absolute Gasteiger partial charge is 0.344 e. The molecule has 1 amide bonds. The van der Waals surface area contributed by atoms with Crippen molar-refractivity contribution >= 4 is 17.2 Å². The molecular formula is C14H21F3N2O2S. The first-order chi connectivity index (χ1) is 9.84. The maximum Gasteiger partial charge on any atom is 0.409 e. The van der Waals surface area contributed by atoms with Crippen LogP contribution in [0.25, 0.3) is 0 Å². The van der Waals surface area contributed by atoms with E-state index in [9.17, 15) is 22.8 Å². The molecule has 1 N–H and O–H groups in total. The molecule has 0 bridgehead atoms. The summed E-state index contributed by atoms with van der Waals surface area (Å²) in [5.41, 5.74) is -0.398. The molecule has 1 unspecified atom stereocenters. The highest BCUT2D eigenvalue weighted by Gasteiger charge is 2.47. The van der Waals surface area contributed by atoms with Crippen LogP contribution in [0.3, 0.4) is 0 Å². The number of alkyl halides is 3. The number of rotatable bonds is 4. The maximum absolute atomic E-state index is 13.0. The lowest BCUT2D eigenvalue weighted by Gasteiger charge is -2.33. The minimum atomic E-state index is -4.51. The average Bonchev–Trinajstić information content (AvgIpc) is 2.55. The van der Waals surface area contributed by atoms with Crippen LogP contribution in [0, 0.1) is 19.3 Å². The summed E-state index contributed by atoms with van der Waals surface area (Å²) < 4.78 is 40.4. The minimum absolute atomic E-state index is 0.0789. The third kappa shape index (κ3) is 4.59. The summed E-state index contributed by atoms with van der Waals surface area (Å²) in [6, 6.07) is -1.92. The van der Waals surface area contributed by atoms with Crippen LogP contribution in [-0.4, -0.2) is 22.7 Å². The molecule has 1 aromatic rings. The quantitative estimate of drug-likeness (QED) is 0.917. The maximum atomic E-state index is 13.0. The molecule has 0 aliphatic rings. The molecule has 8 heteroatoms. The van der Waals surface area contributed by atoms with Crippen molar-refractivity contribution in [2.45, 2.75) is 59.8 Å². The van der Waals surface area contributed by atoms with Gasteiger partial charge in [-0.05, 0) is 19.3 Å². The van der Waals surface area contributed by atoms with Crippen LogP contribution in [0.1, 0.15) is 37.8 Å². The van der Waals surface area contributed by atoms with Crippen molar-refractivity contribution in [2.24, 2.45) is 5.41 Å². The van der Waals surface area contributed by atoms with Gasteiger partial charge in [0.2, 0.25) is 5.91 Å². The van der Waals surface area contributed by atoms with Gasteiger partial charge >= 0.3 is 11.0 Å². The molecule has 1 atom stereocenters. The monoisotopic (exact) mass is 338 g/mol. The van der Waals surface area contributed by atoms with Crippen molar-refractivity contribution in [3.05, 3.63) is 20.2 Å². The van der Waals surface area contributed by atoms with E-state index in [1.54, 1.807) is 13.8 Å². The Balaban J connectivity index is 2.75. The van der Waals surface area contributed by atoms with Gasteiger partial charge in [-0.2, -0.15) is 13.2 Å². The summed E-state index contributed by atoms with van der Waals surface area (Å²) in [4.78, 5) is 24.1. The molecule has 0 aliphatic heterocycles. The Kier molecular flexibility index (Phi) is 5.48. The van der Waals surface area contributed by atoms with Crippen molar-refractivity contribution in [1.82, 2.24) is 9.88 Å². The number of hydrogen-bond acceptors (Lipinski definition) is 3. The fourth-order valence-corrected chi connectivity index (χ4v) is 2.94. The first-order valence-electron chi connectivity index (χ1n) is 6.87. The number of nitrogens with one attached hydrogen (secondary N) is 1. The summed E-state index contributed by atoms with van der Waals surface area (Å²) in [5.74, 6) is -0.715. The van der Waals surface area contributed by atoms with Gasteiger partial charge in [0.05, 0.1) is 0 Å². The number of hydrogen-bond donors (Lipinski definition) is 1. The second kappa shape index (κ2) is 6.44. The number of aromatic nitrogens is 1. The Morgan fingerprint density at radius 1 is 1.27 bits per heavy atom. The minimum Gasteiger partial charge on any atom is -0.344 e. The van der Waals surface area contributed by atoms with E-state index in [1.165, 1.54) is 25.3 Å². The van der Waals surface area contributed by atoms with Gasteiger partial charge in [-0.15, -0.1) is 0 Å². The average molecular weight is 338 g/mol. The van der Waals surface area contributed by atoms with E-state index in [0.29, 0.717) is 0 Å². The molecule has 4 nitrogen and oxygen atoms in total. The third-order valence-electron chi connectivity index (χ3n) is 3.44. The Morgan fingerprint density at radius 2 is 1.82 bits per heavy atom. The van der Waals surface area contributed by atoms with Crippen molar-refractivity contribution in [3.8, 4) is 0 Å². The van der Waals surface area contributed by atoms with E-state index in [-0.39, 0.29) is 17.8 Å². The normalized spacial score (nSPS) is 14.0. The van der Waals surface area contributed by atoms with Gasteiger partial charge in [-0.3, -0.25) is 9.59 Å². The van der Waals surface area contributed by atoms with Crippen molar-refractivity contribution in [3.63, 3.8) is 0 Å². The second-order valence-electron chi connectivity index (χ2n) is 6.32. The van der Waals surface area contributed by atoms with Crippen LogP contribution >= 0.6 is 11.3 Å². The SMILES string of the molecule is Cc1sc(=O)n(CCC(=O)NC(C(C)(C)C)C(F)(F)F)c1C. The molecule has 0 saturated carbocycles. The van der Waals surface area contributed by atoms with Crippen molar-refractivity contribution in [1.29, 1.82) is 0 Å². The molecule has 1 aromatic heterocycles. The van der Waals surface area contributed by atoms with Crippen molar-refractivity contribution in [2.75, 3.05) is 0 Å². The number of carbonyl (C=O) groups is 1. The molecule has 1 heterocycles. The number of thiazole rings is 1. The summed E-state index contributed by atoms with van der Waals surface area (Å²) >= 11 is 1.07. The van der Waals surface area contributed by atoms with E-state index in [0.717, 1.165) is 21.9 Å². The predicted octanol–water partition coefficient (Wildman–Crippen LogP) is 3.01. The van der Waals surface area contributed by atoms with E-state index >= 15 is 0 Å². The zero-order chi connectivity index (χ0) is 17.3. The summed E-state index contributed by atoms with van der Waals surface area (Å²) in [6.07, 6.45) is -4.68. The molecule has 0 aliphatic carbocycles. The number of halogens is 3. The van der Waals surface area contributed by atoms with Crippen LogP contribution in [0.4, 0.5) is 13.2 Å². The molecule has 22 heavy (non-hydrogen) atoms. The highest BCUT2D eigenvalue weighted by molar-refractivity contribution is 7.09. The molecule has 0 radical (unpaired) electrons. The Bertz CT molecular complexity index is 583. The molecule has 126 valence electrons. The van der Waals surface area contributed by atoms with Gasteiger partial charge in [0, 0.05) is 23.5 Å². The van der Waals surface area contributed by atoms with E-state index in [2.05, 4.69) is 0 Å². The summed E-state index contributed by atoms with van der Waals surface area (Å²) in [5, 5.41) is 2.04. The van der Waals surface area contributed by atoms with Gasteiger partial charge < -0.3 is 9.88 Å². The van der Waals surface area contributed by atoms with Crippen LogP contribution in [0.2, 0.25) is 0 Å². The summed E-state index contributed by atoms with van der Waals surface area (Å²) in [6.45, 7) is 7.87. The lowest BCUT2D eigenvalue weighted by molar-refractivity contribution is -0.181. The number of aryl methyl sites for hydroxylation is 1. The molecule has 0 spiro atoms. The molecule has 0 saturated heterocycles. The Morgan fingerprint density at radius 3 is 2.18 bits per heavy atom. The van der Waals surface area contributed by atoms with Crippen molar-refractivity contribution < 1.29 is 18.0 Å². The van der Waals surface area contributed by atoms with Crippen LogP contribution < -0.4 is 10.2 Å². The van der Waals surface area contributed by atoms with Gasteiger partial charge in [0.25, 0.3) is 0 Å². The van der Waals surface area contributed by atoms with Crippen LogP contribution in [0.15, 0.2) is 4.79 Å². The number of nitrogens with zero attached hydrogens (tertiary/aromatic N) is 1. The zero-order valence-electron chi connectivity index (χ0n) is 13.3. The Hall–Kier alpha value is -1.31. The predicted molar refractivity (Wildman–Crippen MR) is 80.1 cm³/mol. The molecular weight excluding hydrogens is 317 g/mol. The van der Waals surface area contributed by atoms with Crippen LogP contribution in [-0.2, 0) is 11.3 Å². The molecule has 0 fully saturated rings.